The summed E-state index contributed by atoms with van der Waals surface area (Å²) in [6, 6.07) is 0. The molecule has 0 radical (unpaired) electrons. The second-order valence-corrected chi connectivity index (χ2v) is 11.7. The van der Waals surface area contributed by atoms with Gasteiger partial charge in [0, 0.05) is 46.4 Å². The van der Waals surface area contributed by atoms with Gasteiger partial charge in [-0.05, 0) is 61.6 Å². The maximum Gasteiger partial charge on any atom is 0.338 e. The van der Waals surface area contributed by atoms with Gasteiger partial charge in [0.1, 0.15) is 11.7 Å². The Hall–Kier alpha value is -5.32. The molecule has 8 bridgehead atoms. The molecule has 230 valence electrons. The molecule has 5 N–H and O–H groups in total. The van der Waals surface area contributed by atoms with Crippen LogP contribution in [0.2, 0.25) is 0 Å². The van der Waals surface area contributed by atoms with Gasteiger partial charge in [-0.3, -0.25) is 9.59 Å². The fourth-order valence-corrected chi connectivity index (χ4v) is 6.97. The van der Waals surface area contributed by atoms with Gasteiger partial charge in [-0.25, -0.2) is 19.8 Å². The van der Waals surface area contributed by atoms with Crippen LogP contribution in [0, 0.1) is 17.8 Å². The third-order valence-electron chi connectivity index (χ3n) is 9.28. The molecule has 5 heterocycles. The van der Waals surface area contributed by atoms with Crippen molar-refractivity contribution in [2.75, 3.05) is 0 Å². The van der Waals surface area contributed by atoms with Crippen molar-refractivity contribution >= 4 is 35.0 Å². The standard InChI is InChI=1S/C34H32N4O7/c1-6-16-13(3)19-10-20-14(4)18(8-9-25(39)40)30(37-20)28-29(34(44)45)32(41)26-15(5)21(38-31(26)28)11-23-17(7-2)27(33(42)43)24(36-23)12-22(16)35-19/h6,10-12,14,18,29,37,41H,1,7-9H2,2-5H3,(H,39,40)(H,42,43)(H,44,45). The van der Waals surface area contributed by atoms with Crippen molar-refractivity contribution in [2.24, 2.45) is 32.7 Å². The lowest BCUT2D eigenvalue weighted by atomic mass is 9.84. The van der Waals surface area contributed by atoms with Gasteiger partial charge < -0.3 is 25.7 Å². The number of aliphatic hydroxyl groups is 1. The van der Waals surface area contributed by atoms with Crippen LogP contribution >= 0.6 is 0 Å². The van der Waals surface area contributed by atoms with Crippen LogP contribution < -0.4 is 5.32 Å². The predicted octanol–water partition coefficient (Wildman–Crippen LogP) is 5.08. The molecular weight excluding hydrogens is 576 g/mol. The van der Waals surface area contributed by atoms with E-state index in [-0.39, 0.29) is 41.4 Å². The summed E-state index contributed by atoms with van der Waals surface area (Å²) in [6.07, 6.45) is 7.26. The molecule has 0 amide bonds. The Morgan fingerprint density at radius 3 is 2.33 bits per heavy atom. The number of nitrogens with zero attached hydrogens (tertiary/aromatic N) is 3. The van der Waals surface area contributed by atoms with Crippen molar-refractivity contribution in [1.82, 2.24) is 5.32 Å². The summed E-state index contributed by atoms with van der Waals surface area (Å²) in [5.41, 5.74) is 6.80. The Morgan fingerprint density at radius 1 is 1.00 bits per heavy atom. The number of aliphatic hydroxyl groups excluding tert-OH is 1. The first-order valence-electron chi connectivity index (χ1n) is 14.7. The van der Waals surface area contributed by atoms with E-state index in [2.05, 4.69) is 11.9 Å². The van der Waals surface area contributed by atoms with E-state index in [1.165, 1.54) is 0 Å². The second-order valence-electron chi connectivity index (χ2n) is 11.7. The van der Waals surface area contributed by atoms with Crippen molar-refractivity contribution < 1.29 is 34.8 Å². The van der Waals surface area contributed by atoms with Gasteiger partial charge in [0.2, 0.25) is 0 Å². The van der Waals surface area contributed by atoms with Gasteiger partial charge in [-0.1, -0.05) is 26.5 Å². The molecule has 5 aliphatic heterocycles. The lowest BCUT2D eigenvalue weighted by Gasteiger charge is -2.19. The number of fused-ring (bicyclic) bond motifs is 5. The number of carboxylic acids is 3. The largest absolute Gasteiger partial charge is 0.510 e. The van der Waals surface area contributed by atoms with Crippen molar-refractivity contribution in [3.05, 3.63) is 104 Å². The summed E-state index contributed by atoms with van der Waals surface area (Å²) >= 11 is 0. The molecule has 1 saturated heterocycles. The maximum atomic E-state index is 12.7. The molecule has 11 heteroatoms. The average Bonchev–Trinajstić information content (AvgIpc) is 3.72. The van der Waals surface area contributed by atoms with Crippen molar-refractivity contribution in [1.29, 1.82) is 0 Å². The van der Waals surface area contributed by atoms with Crippen LogP contribution in [0.4, 0.5) is 0 Å². The van der Waals surface area contributed by atoms with E-state index in [4.69, 9.17) is 15.0 Å². The summed E-state index contributed by atoms with van der Waals surface area (Å²) in [4.78, 5) is 51.2. The van der Waals surface area contributed by atoms with E-state index in [0.717, 1.165) is 5.57 Å². The summed E-state index contributed by atoms with van der Waals surface area (Å²) in [7, 11) is 0. The molecule has 0 aromatic rings. The molecule has 3 atom stereocenters. The SMILES string of the molecule is C=CC1=C(C)C2=NC1=CC1=NC(=CC3=C(C)C4=C(O)C(C(=O)O)C(=C5NC(=C2)C(C)C5CCC(=O)O)C4=N3)C(CC)=C1C(=O)O. The highest BCUT2D eigenvalue weighted by Crippen LogP contribution is 2.48. The third-order valence-corrected chi connectivity index (χ3v) is 9.28. The Bertz CT molecular complexity index is 1900. The van der Waals surface area contributed by atoms with E-state index in [1.54, 1.807) is 25.2 Å². The molecule has 11 nitrogen and oxygen atoms in total. The first-order chi connectivity index (χ1) is 21.4. The number of rotatable bonds is 7. The maximum absolute atomic E-state index is 12.7. The van der Waals surface area contributed by atoms with Crippen molar-refractivity contribution in [2.45, 2.75) is 47.0 Å². The van der Waals surface area contributed by atoms with E-state index in [9.17, 15) is 34.8 Å². The fraction of sp³-hybridized carbons (Fsp3) is 0.294. The predicted molar refractivity (Wildman–Crippen MR) is 168 cm³/mol. The van der Waals surface area contributed by atoms with E-state index < -0.39 is 29.7 Å². The Kier molecular flexibility index (Phi) is 7.06. The Morgan fingerprint density at radius 2 is 1.71 bits per heavy atom. The zero-order valence-electron chi connectivity index (χ0n) is 25.2. The number of carboxylic acid groups (broad SMARTS) is 3. The quantitative estimate of drug-likeness (QED) is 0.265. The van der Waals surface area contributed by atoms with Gasteiger partial charge >= 0.3 is 17.9 Å². The molecular formula is C34H32N4O7. The summed E-state index contributed by atoms with van der Waals surface area (Å²) in [5, 5.41) is 44.9. The molecule has 1 aliphatic carbocycles. The highest BCUT2D eigenvalue weighted by atomic mass is 16.4. The molecule has 45 heavy (non-hydrogen) atoms. The normalized spacial score (nSPS) is 25.3. The van der Waals surface area contributed by atoms with Crippen LogP contribution in [0.5, 0.6) is 0 Å². The first kappa shape index (κ1) is 29.7. The van der Waals surface area contributed by atoms with Crippen LogP contribution in [-0.4, -0.2) is 55.5 Å². The monoisotopic (exact) mass is 608 g/mol. The molecule has 3 unspecified atom stereocenters. The van der Waals surface area contributed by atoms with Gasteiger partial charge in [0.05, 0.1) is 39.8 Å². The third kappa shape index (κ3) is 4.49. The topological polar surface area (TPSA) is 181 Å². The molecule has 6 rings (SSSR count). The van der Waals surface area contributed by atoms with Crippen LogP contribution in [0.25, 0.3) is 0 Å². The van der Waals surface area contributed by atoms with Gasteiger partial charge in [0.15, 0.2) is 0 Å². The van der Waals surface area contributed by atoms with Crippen LogP contribution in [0.15, 0.2) is 119 Å². The minimum absolute atomic E-state index is 0.0548. The minimum atomic E-state index is -1.41. The van der Waals surface area contributed by atoms with Crippen molar-refractivity contribution in [3.8, 4) is 0 Å². The lowest BCUT2D eigenvalue weighted by molar-refractivity contribution is -0.140. The molecule has 1 fully saturated rings. The Labute approximate surface area is 258 Å². The number of aliphatic carboxylic acids is 3. The zero-order chi connectivity index (χ0) is 32.5. The fourth-order valence-electron chi connectivity index (χ4n) is 6.97. The number of allylic oxidation sites excluding steroid dienone is 10. The number of hydrogen-bond donors (Lipinski definition) is 5. The minimum Gasteiger partial charge on any atom is -0.510 e. The van der Waals surface area contributed by atoms with E-state index >= 15 is 0 Å². The smallest absolute Gasteiger partial charge is 0.338 e. The highest BCUT2D eigenvalue weighted by Gasteiger charge is 2.48. The summed E-state index contributed by atoms with van der Waals surface area (Å²) in [5.74, 6) is -5.80. The molecule has 0 saturated carbocycles. The number of carbonyl (C=O) groups is 3. The summed E-state index contributed by atoms with van der Waals surface area (Å²) < 4.78 is 0. The van der Waals surface area contributed by atoms with Crippen LogP contribution in [0.1, 0.15) is 47.0 Å². The van der Waals surface area contributed by atoms with Crippen LogP contribution in [-0.2, 0) is 14.4 Å². The van der Waals surface area contributed by atoms with Gasteiger partial charge in [0.25, 0.3) is 0 Å². The van der Waals surface area contributed by atoms with Gasteiger partial charge in [-0.15, -0.1) is 0 Å². The van der Waals surface area contributed by atoms with Crippen LogP contribution in [0.3, 0.4) is 0 Å². The first-order valence-corrected chi connectivity index (χ1v) is 14.7. The second kappa shape index (κ2) is 10.7. The van der Waals surface area contributed by atoms with Gasteiger partial charge in [-0.2, -0.15) is 0 Å². The van der Waals surface area contributed by atoms with E-state index in [0.29, 0.717) is 68.6 Å². The van der Waals surface area contributed by atoms with E-state index in [1.807, 2.05) is 26.8 Å². The molecule has 6 aliphatic rings. The number of aliphatic imine (C=N–C) groups is 3. The molecule has 0 aromatic heterocycles. The Balaban J connectivity index is 1.69. The molecule has 0 spiro atoms. The highest BCUT2D eigenvalue weighted by molar-refractivity contribution is 6.28. The molecule has 0 aromatic carbocycles. The zero-order valence-corrected chi connectivity index (χ0v) is 25.2. The summed E-state index contributed by atoms with van der Waals surface area (Å²) in [6.45, 7) is 11.3. The number of hydrogen-bond acceptors (Lipinski definition) is 8. The van der Waals surface area contributed by atoms with Crippen molar-refractivity contribution in [3.63, 3.8) is 0 Å². The average molecular weight is 609 g/mol. The lowest BCUT2D eigenvalue weighted by Crippen LogP contribution is -2.23. The number of nitrogens with one attached hydrogen (secondary N) is 1.